The lowest BCUT2D eigenvalue weighted by atomic mass is 9.89. The van der Waals surface area contributed by atoms with Gasteiger partial charge in [0.1, 0.15) is 0 Å². The fourth-order valence-corrected chi connectivity index (χ4v) is 5.10. The summed E-state index contributed by atoms with van der Waals surface area (Å²) in [6, 6.07) is 22.2. The molecule has 0 atom stereocenters. The minimum Gasteiger partial charge on any atom is -0.303 e. The summed E-state index contributed by atoms with van der Waals surface area (Å²) < 4.78 is 0. The Bertz CT molecular complexity index is 1050. The first kappa shape index (κ1) is 20.0. The van der Waals surface area contributed by atoms with Crippen molar-refractivity contribution in [3.63, 3.8) is 0 Å². The molecule has 2 amide bonds. The van der Waals surface area contributed by atoms with Crippen molar-refractivity contribution in [2.45, 2.75) is 31.6 Å². The maximum absolute atomic E-state index is 13.0. The summed E-state index contributed by atoms with van der Waals surface area (Å²) in [5, 5.41) is 1.76. The van der Waals surface area contributed by atoms with Gasteiger partial charge < -0.3 is 4.90 Å². The van der Waals surface area contributed by atoms with Crippen molar-refractivity contribution in [1.29, 1.82) is 0 Å². The van der Waals surface area contributed by atoms with E-state index in [1.54, 1.807) is 0 Å². The van der Waals surface area contributed by atoms with Gasteiger partial charge in [-0.05, 0) is 74.3 Å². The SMILES string of the molecule is O=C1c2cccc3cccc(c23)C(=O)N1CCCCN1CCC(c2ccccc2)CC1. The molecule has 0 radical (unpaired) electrons. The van der Waals surface area contributed by atoms with Crippen LogP contribution in [0.4, 0.5) is 0 Å². The Balaban J connectivity index is 1.14. The Morgan fingerprint density at radius 2 is 1.32 bits per heavy atom. The molecule has 5 rings (SSSR count). The zero-order chi connectivity index (χ0) is 21.2. The highest BCUT2D eigenvalue weighted by Crippen LogP contribution is 2.30. The average molecular weight is 413 g/mol. The lowest BCUT2D eigenvalue weighted by Crippen LogP contribution is -2.41. The Hall–Kier alpha value is -2.98. The number of nitrogens with zero attached hydrogens (tertiary/aromatic N) is 2. The van der Waals surface area contributed by atoms with Crippen LogP contribution >= 0.6 is 0 Å². The second-order valence-corrected chi connectivity index (χ2v) is 8.70. The second-order valence-electron chi connectivity index (χ2n) is 8.70. The topological polar surface area (TPSA) is 40.6 Å². The number of rotatable bonds is 6. The Kier molecular flexibility index (Phi) is 5.56. The normalized spacial score (nSPS) is 17.5. The third-order valence-electron chi connectivity index (χ3n) is 6.82. The van der Waals surface area contributed by atoms with Crippen LogP contribution in [0.1, 0.15) is 57.9 Å². The molecular weight excluding hydrogens is 384 g/mol. The van der Waals surface area contributed by atoms with Crippen LogP contribution in [-0.4, -0.2) is 47.8 Å². The maximum Gasteiger partial charge on any atom is 0.261 e. The van der Waals surface area contributed by atoms with Crippen LogP contribution in [0.2, 0.25) is 0 Å². The highest BCUT2D eigenvalue weighted by molar-refractivity contribution is 6.25. The highest BCUT2D eigenvalue weighted by atomic mass is 16.2. The standard InChI is InChI=1S/C27H28N2O2/c30-26-23-12-6-10-22-11-7-13-24(25(22)23)27(31)29(26)17-5-4-16-28-18-14-21(15-19-28)20-8-2-1-3-9-20/h1-3,6-13,21H,4-5,14-19H2. The van der Waals surface area contributed by atoms with Crippen molar-refractivity contribution in [2.75, 3.05) is 26.2 Å². The molecule has 0 aromatic heterocycles. The Labute approximate surface area is 183 Å². The number of imide groups is 1. The third kappa shape index (κ3) is 3.88. The Morgan fingerprint density at radius 1 is 0.710 bits per heavy atom. The first-order chi connectivity index (χ1) is 15.2. The quantitative estimate of drug-likeness (QED) is 0.418. The number of piperidine rings is 1. The number of unbranched alkanes of at least 4 members (excludes halogenated alkanes) is 1. The molecule has 0 N–H and O–H groups in total. The number of likely N-dealkylation sites (tertiary alicyclic amines) is 1. The van der Waals surface area contributed by atoms with Crippen molar-refractivity contribution in [1.82, 2.24) is 9.80 Å². The van der Waals surface area contributed by atoms with Crippen molar-refractivity contribution in [3.05, 3.63) is 83.4 Å². The summed E-state index contributed by atoms with van der Waals surface area (Å²) in [5.41, 5.74) is 2.76. The minimum atomic E-state index is -0.155. The average Bonchev–Trinajstić information content (AvgIpc) is 2.83. The van der Waals surface area contributed by atoms with Gasteiger partial charge in [0.25, 0.3) is 11.8 Å². The van der Waals surface area contributed by atoms with Crippen molar-refractivity contribution in [2.24, 2.45) is 0 Å². The van der Waals surface area contributed by atoms with E-state index in [4.69, 9.17) is 0 Å². The number of carbonyl (C=O) groups excluding carboxylic acids is 2. The van der Waals surface area contributed by atoms with Crippen LogP contribution in [0.15, 0.2) is 66.7 Å². The van der Waals surface area contributed by atoms with E-state index in [1.165, 1.54) is 23.3 Å². The lowest BCUT2D eigenvalue weighted by molar-refractivity contribution is 0.0606. The molecular formula is C27H28N2O2. The molecule has 0 aliphatic carbocycles. The van der Waals surface area contributed by atoms with Crippen LogP contribution < -0.4 is 0 Å². The molecule has 0 unspecified atom stereocenters. The molecule has 4 nitrogen and oxygen atoms in total. The second kappa shape index (κ2) is 8.64. The van der Waals surface area contributed by atoms with Gasteiger partial charge in [0.15, 0.2) is 0 Å². The highest BCUT2D eigenvalue weighted by Gasteiger charge is 2.32. The van der Waals surface area contributed by atoms with E-state index in [1.807, 2.05) is 36.4 Å². The zero-order valence-corrected chi connectivity index (χ0v) is 17.8. The molecule has 0 bridgehead atoms. The van der Waals surface area contributed by atoms with Crippen LogP contribution in [0.25, 0.3) is 10.8 Å². The number of carbonyl (C=O) groups is 2. The molecule has 1 fully saturated rings. The van der Waals surface area contributed by atoms with Gasteiger partial charge in [0.2, 0.25) is 0 Å². The predicted octanol–water partition coefficient (Wildman–Crippen LogP) is 5.10. The van der Waals surface area contributed by atoms with E-state index < -0.39 is 0 Å². The van der Waals surface area contributed by atoms with Crippen LogP contribution in [0.3, 0.4) is 0 Å². The van der Waals surface area contributed by atoms with E-state index in [0.717, 1.165) is 43.2 Å². The predicted molar refractivity (Wildman–Crippen MR) is 123 cm³/mol. The largest absolute Gasteiger partial charge is 0.303 e. The van der Waals surface area contributed by atoms with Crippen LogP contribution in [-0.2, 0) is 0 Å². The molecule has 0 saturated carbocycles. The third-order valence-corrected chi connectivity index (χ3v) is 6.82. The zero-order valence-electron chi connectivity index (χ0n) is 17.8. The summed E-state index contributed by atoms with van der Waals surface area (Å²) >= 11 is 0. The van der Waals surface area contributed by atoms with Crippen LogP contribution in [0, 0.1) is 0 Å². The fraction of sp³-hybridized carbons (Fsp3) is 0.333. The van der Waals surface area contributed by atoms with Gasteiger partial charge >= 0.3 is 0 Å². The smallest absolute Gasteiger partial charge is 0.261 e. The summed E-state index contributed by atoms with van der Waals surface area (Å²) in [4.78, 5) is 29.9. The molecule has 0 spiro atoms. The molecule has 2 aliphatic rings. The fourth-order valence-electron chi connectivity index (χ4n) is 5.10. The van der Waals surface area contributed by atoms with Crippen molar-refractivity contribution < 1.29 is 9.59 Å². The van der Waals surface area contributed by atoms with E-state index in [2.05, 4.69) is 35.2 Å². The first-order valence-electron chi connectivity index (χ1n) is 11.4. The summed E-state index contributed by atoms with van der Waals surface area (Å²) in [5.74, 6) is 0.361. The van der Waals surface area contributed by atoms with Gasteiger partial charge in [-0.2, -0.15) is 0 Å². The Morgan fingerprint density at radius 3 is 1.97 bits per heavy atom. The van der Waals surface area contributed by atoms with E-state index in [-0.39, 0.29) is 11.8 Å². The molecule has 158 valence electrons. The number of amides is 2. The van der Waals surface area contributed by atoms with E-state index in [9.17, 15) is 9.59 Å². The summed E-state index contributed by atoms with van der Waals surface area (Å²) in [6.45, 7) is 3.76. The minimum absolute atomic E-state index is 0.155. The molecule has 3 aromatic rings. The number of hydrogen-bond donors (Lipinski definition) is 0. The maximum atomic E-state index is 13.0. The molecule has 4 heteroatoms. The first-order valence-corrected chi connectivity index (χ1v) is 11.4. The van der Waals surface area contributed by atoms with E-state index >= 15 is 0 Å². The molecule has 2 heterocycles. The monoisotopic (exact) mass is 412 g/mol. The van der Waals surface area contributed by atoms with Gasteiger partial charge in [-0.3, -0.25) is 14.5 Å². The van der Waals surface area contributed by atoms with Crippen molar-refractivity contribution in [3.8, 4) is 0 Å². The van der Waals surface area contributed by atoms with Gasteiger partial charge in [-0.25, -0.2) is 0 Å². The van der Waals surface area contributed by atoms with Crippen LogP contribution in [0.5, 0.6) is 0 Å². The summed E-state index contributed by atoms with van der Waals surface area (Å²) in [7, 11) is 0. The lowest BCUT2D eigenvalue weighted by Gasteiger charge is -2.32. The molecule has 2 aliphatic heterocycles. The number of hydrogen-bond acceptors (Lipinski definition) is 3. The van der Waals surface area contributed by atoms with Gasteiger partial charge in [-0.15, -0.1) is 0 Å². The molecule has 31 heavy (non-hydrogen) atoms. The van der Waals surface area contributed by atoms with Gasteiger partial charge in [0.05, 0.1) is 0 Å². The van der Waals surface area contributed by atoms with Gasteiger partial charge in [0, 0.05) is 23.1 Å². The van der Waals surface area contributed by atoms with Gasteiger partial charge in [-0.1, -0.05) is 54.6 Å². The van der Waals surface area contributed by atoms with Crippen molar-refractivity contribution >= 4 is 22.6 Å². The molecule has 1 saturated heterocycles. The summed E-state index contributed by atoms with van der Waals surface area (Å²) in [6.07, 6.45) is 4.24. The molecule has 3 aromatic carbocycles. The van der Waals surface area contributed by atoms with E-state index in [0.29, 0.717) is 23.6 Å². The number of benzene rings is 3.